The summed E-state index contributed by atoms with van der Waals surface area (Å²) in [5.41, 5.74) is 0.505. The van der Waals surface area contributed by atoms with Crippen LogP contribution in [0.4, 0.5) is 0 Å². The molecule has 2 rings (SSSR count). The van der Waals surface area contributed by atoms with Gasteiger partial charge in [-0.1, -0.05) is 0 Å². The number of nitrogens with zero attached hydrogens (tertiary/aromatic N) is 2. The van der Waals surface area contributed by atoms with Crippen LogP contribution in [0.5, 0.6) is 0 Å². The molecule has 0 saturated carbocycles. The van der Waals surface area contributed by atoms with E-state index in [0.717, 1.165) is 0 Å². The summed E-state index contributed by atoms with van der Waals surface area (Å²) in [6, 6.07) is 0. The highest BCUT2D eigenvalue weighted by molar-refractivity contribution is 5.93. The normalized spacial score (nSPS) is 10.5. The standard InChI is InChI=1S/C11H11N3O3/c1-3-17-11(16)7-4-12-10-8(9(7)15)6(2)13-5-14-10/h4-5H,3H2,1-2H3,(H,12,13,14,15). The van der Waals surface area contributed by atoms with Crippen molar-refractivity contribution in [2.24, 2.45) is 0 Å². The van der Waals surface area contributed by atoms with Crippen LogP contribution in [0, 0.1) is 6.92 Å². The Balaban J connectivity index is 2.69. The van der Waals surface area contributed by atoms with Crippen molar-refractivity contribution < 1.29 is 9.53 Å². The Kier molecular flexibility index (Phi) is 2.86. The zero-order valence-corrected chi connectivity index (χ0v) is 9.48. The largest absolute Gasteiger partial charge is 0.462 e. The van der Waals surface area contributed by atoms with Crippen molar-refractivity contribution in [3.63, 3.8) is 0 Å². The molecule has 0 aliphatic heterocycles. The first kappa shape index (κ1) is 11.3. The van der Waals surface area contributed by atoms with Crippen LogP contribution in [-0.2, 0) is 4.74 Å². The third-order valence-corrected chi connectivity index (χ3v) is 2.36. The van der Waals surface area contributed by atoms with Gasteiger partial charge in [0.05, 0.1) is 17.7 Å². The summed E-state index contributed by atoms with van der Waals surface area (Å²) in [6.07, 6.45) is 2.67. The fourth-order valence-electron chi connectivity index (χ4n) is 1.56. The van der Waals surface area contributed by atoms with Crippen molar-refractivity contribution in [1.29, 1.82) is 0 Å². The van der Waals surface area contributed by atoms with E-state index >= 15 is 0 Å². The van der Waals surface area contributed by atoms with E-state index < -0.39 is 11.4 Å². The third-order valence-electron chi connectivity index (χ3n) is 2.36. The highest BCUT2D eigenvalue weighted by Gasteiger charge is 2.15. The average Bonchev–Trinajstić information content (AvgIpc) is 2.29. The van der Waals surface area contributed by atoms with E-state index in [2.05, 4.69) is 15.0 Å². The molecule has 0 atom stereocenters. The first-order valence-corrected chi connectivity index (χ1v) is 5.15. The maximum atomic E-state index is 12.1. The SMILES string of the molecule is CCOC(=O)c1c[nH]c2ncnc(C)c2c1=O. The second-order valence-electron chi connectivity index (χ2n) is 3.43. The molecule has 0 saturated heterocycles. The number of aryl methyl sites for hydroxylation is 1. The molecule has 1 N–H and O–H groups in total. The molecule has 0 unspecified atom stereocenters. The summed E-state index contributed by atoms with van der Waals surface area (Å²) in [5, 5.41) is 0.318. The van der Waals surface area contributed by atoms with Gasteiger partial charge in [-0.15, -0.1) is 0 Å². The van der Waals surface area contributed by atoms with E-state index in [0.29, 0.717) is 16.7 Å². The Hall–Kier alpha value is -2.24. The number of pyridine rings is 1. The van der Waals surface area contributed by atoms with Crippen LogP contribution in [0.25, 0.3) is 11.0 Å². The zero-order chi connectivity index (χ0) is 12.4. The highest BCUT2D eigenvalue weighted by atomic mass is 16.5. The molecular weight excluding hydrogens is 222 g/mol. The van der Waals surface area contributed by atoms with Crippen LogP contribution in [0.1, 0.15) is 23.0 Å². The molecule has 0 aliphatic rings. The van der Waals surface area contributed by atoms with Gasteiger partial charge >= 0.3 is 5.97 Å². The number of H-pyrrole nitrogens is 1. The van der Waals surface area contributed by atoms with E-state index in [4.69, 9.17) is 4.74 Å². The molecule has 6 heteroatoms. The van der Waals surface area contributed by atoms with Gasteiger partial charge in [0.25, 0.3) is 0 Å². The van der Waals surface area contributed by atoms with Gasteiger partial charge in [-0.3, -0.25) is 4.79 Å². The predicted octanol–water partition coefficient (Wildman–Crippen LogP) is 0.803. The molecule has 2 heterocycles. The lowest BCUT2D eigenvalue weighted by Gasteiger charge is -2.03. The van der Waals surface area contributed by atoms with Crippen molar-refractivity contribution in [1.82, 2.24) is 15.0 Å². The summed E-state index contributed by atoms with van der Waals surface area (Å²) < 4.78 is 4.80. The average molecular weight is 233 g/mol. The topological polar surface area (TPSA) is 84.9 Å². The van der Waals surface area contributed by atoms with E-state index in [9.17, 15) is 9.59 Å². The van der Waals surface area contributed by atoms with Gasteiger partial charge in [-0.25, -0.2) is 14.8 Å². The van der Waals surface area contributed by atoms with Crippen molar-refractivity contribution in [2.45, 2.75) is 13.8 Å². The molecule has 88 valence electrons. The zero-order valence-electron chi connectivity index (χ0n) is 9.48. The number of aromatic nitrogens is 3. The molecule has 0 amide bonds. The van der Waals surface area contributed by atoms with Crippen molar-refractivity contribution in [2.75, 3.05) is 6.61 Å². The Labute approximate surface area is 96.7 Å². The number of hydrogen-bond donors (Lipinski definition) is 1. The summed E-state index contributed by atoms with van der Waals surface area (Å²) in [4.78, 5) is 34.3. The first-order valence-electron chi connectivity index (χ1n) is 5.15. The fourth-order valence-corrected chi connectivity index (χ4v) is 1.56. The van der Waals surface area contributed by atoms with Crippen LogP contribution in [0.2, 0.25) is 0 Å². The van der Waals surface area contributed by atoms with Gasteiger partial charge in [0, 0.05) is 6.20 Å². The smallest absolute Gasteiger partial charge is 0.343 e. The van der Waals surface area contributed by atoms with E-state index in [-0.39, 0.29) is 12.2 Å². The lowest BCUT2D eigenvalue weighted by atomic mass is 10.2. The summed E-state index contributed by atoms with van der Waals surface area (Å²) >= 11 is 0. The predicted molar refractivity (Wildman–Crippen MR) is 60.9 cm³/mol. The number of carbonyl (C=O) groups excluding carboxylic acids is 1. The molecule has 2 aromatic rings. The van der Waals surface area contributed by atoms with Crippen LogP contribution in [-0.4, -0.2) is 27.5 Å². The lowest BCUT2D eigenvalue weighted by Crippen LogP contribution is -2.19. The molecule has 0 fully saturated rings. The van der Waals surface area contributed by atoms with Crippen molar-refractivity contribution in [3.8, 4) is 0 Å². The number of esters is 1. The minimum absolute atomic E-state index is 0.0303. The second-order valence-corrected chi connectivity index (χ2v) is 3.43. The Morgan fingerprint density at radius 3 is 2.94 bits per heavy atom. The van der Waals surface area contributed by atoms with Gasteiger partial charge in [-0.05, 0) is 13.8 Å². The number of hydrogen-bond acceptors (Lipinski definition) is 5. The minimum atomic E-state index is -0.640. The Bertz CT molecular complexity index is 633. The van der Waals surface area contributed by atoms with Gasteiger partial charge in [0.1, 0.15) is 17.5 Å². The number of aromatic amines is 1. The molecule has 17 heavy (non-hydrogen) atoms. The van der Waals surface area contributed by atoms with Gasteiger partial charge < -0.3 is 9.72 Å². The summed E-state index contributed by atoms with van der Waals surface area (Å²) in [7, 11) is 0. The van der Waals surface area contributed by atoms with Crippen LogP contribution in [0.15, 0.2) is 17.3 Å². The van der Waals surface area contributed by atoms with Crippen molar-refractivity contribution in [3.05, 3.63) is 34.0 Å². The number of nitrogens with one attached hydrogen (secondary N) is 1. The number of fused-ring (bicyclic) bond motifs is 1. The third kappa shape index (κ3) is 1.89. The van der Waals surface area contributed by atoms with Crippen LogP contribution in [0.3, 0.4) is 0 Å². The lowest BCUT2D eigenvalue weighted by molar-refractivity contribution is 0.0524. The molecule has 2 aromatic heterocycles. The van der Waals surface area contributed by atoms with E-state index in [1.54, 1.807) is 13.8 Å². The van der Waals surface area contributed by atoms with E-state index in [1.807, 2.05) is 0 Å². The molecule has 0 aromatic carbocycles. The number of carbonyl (C=O) groups is 1. The monoisotopic (exact) mass is 233 g/mol. The summed E-state index contributed by atoms with van der Waals surface area (Å²) in [6.45, 7) is 3.59. The fraction of sp³-hybridized carbons (Fsp3) is 0.273. The second kappa shape index (κ2) is 4.32. The highest BCUT2D eigenvalue weighted by Crippen LogP contribution is 2.08. The van der Waals surface area contributed by atoms with Crippen molar-refractivity contribution >= 4 is 17.0 Å². The molecule has 0 spiro atoms. The Morgan fingerprint density at radius 2 is 2.24 bits per heavy atom. The van der Waals surface area contributed by atoms with E-state index in [1.165, 1.54) is 12.5 Å². The molecular formula is C11H11N3O3. The number of rotatable bonds is 2. The van der Waals surface area contributed by atoms with Gasteiger partial charge in [0.15, 0.2) is 0 Å². The molecule has 0 radical (unpaired) electrons. The first-order chi connectivity index (χ1) is 8.15. The van der Waals surface area contributed by atoms with Gasteiger partial charge in [0.2, 0.25) is 5.43 Å². The van der Waals surface area contributed by atoms with Gasteiger partial charge in [-0.2, -0.15) is 0 Å². The number of ether oxygens (including phenoxy) is 1. The minimum Gasteiger partial charge on any atom is -0.462 e. The summed E-state index contributed by atoms with van der Waals surface area (Å²) in [5.74, 6) is -0.640. The Morgan fingerprint density at radius 1 is 1.47 bits per heavy atom. The molecule has 0 aliphatic carbocycles. The quantitative estimate of drug-likeness (QED) is 0.775. The van der Waals surface area contributed by atoms with Crippen LogP contribution < -0.4 is 5.43 Å². The molecule has 6 nitrogen and oxygen atoms in total. The maximum absolute atomic E-state index is 12.1. The maximum Gasteiger partial charge on any atom is 0.343 e. The molecule has 0 bridgehead atoms. The van der Waals surface area contributed by atoms with Crippen LogP contribution >= 0.6 is 0 Å².